The topological polar surface area (TPSA) is 143 Å². The molecule has 1 aliphatic heterocycles. The number of amides is 1. The normalized spacial score (nSPS) is 15.2. The van der Waals surface area contributed by atoms with Crippen LogP contribution in [0.5, 0.6) is 0 Å². The molecule has 2 atom stereocenters. The first-order valence-corrected chi connectivity index (χ1v) is 13.9. The molecule has 2 heterocycles. The van der Waals surface area contributed by atoms with Crippen molar-refractivity contribution in [3.05, 3.63) is 76.7 Å². The van der Waals surface area contributed by atoms with Crippen LogP contribution in [0.2, 0.25) is 0 Å². The zero-order valence-corrected chi connectivity index (χ0v) is 24.8. The molecule has 11 nitrogen and oxygen atoms in total. The number of hydrogen-bond donors (Lipinski definition) is 3. The smallest absolute Gasteiger partial charge is 0.408 e. The number of benzene rings is 2. The van der Waals surface area contributed by atoms with Gasteiger partial charge >= 0.3 is 18.0 Å². The summed E-state index contributed by atoms with van der Waals surface area (Å²) in [6.07, 6.45) is -0.836. The summed E-state index contributed by atoms with van der Waals surface area (Å²) in [5.41, 5.74) is 3.19. The van der Waals surface area contributed by atoms with Crippen LogP contribution in [0.25, 0.3) is 0 Å². The van der Waals surface area contributed by atoms with Gasteiger partial charge in [0, 0.05) is 17.8 Å². The molecule has 0 saturated carbocycles. The van der Waals surface area contributed by atoms with Crippen molar-refractivity contribution in [1.29, 1.82) is 0 Å². The predicted molar refractivity (Wildman–Crippen MR) is 158 cm³/mol. The van der Waals surface area contributed by atoms with Crippen LogP contribution in [0.1, 0.15) is 62.5 Å². The van der Waals surface area contributed by atoms with Gasteiger partial charge in [0.05, 0.1) is 18.2 Å². The highest BCUT2D eigenvalue weighted by Crippen LogP contribution is 2.35. The van der Waals surface area contributed by atoms with E-state index in [4.69, 9.17) is 14.5 Å². The zero-order valence-electron chi connectivity index (χ0n) is 24.8. The monoisotopic (exact) mass is 593 g/mol. The van der Waals surface area contributed by atoms with E-state index in [9.17, 15) is 23.9 Å². The van der Waals surface area contributed by atoms with Gasteiger partial charge in [-0.25, -0.2) is 19.0 Å². The van der Waals surface area contributed by atoms with E-state index in [0.717, 1.165) is 6.42 Å². The van der Waals surface area contributed by atoms with Crippen LogP contribution in [0.3, 0.4) is 0 Å². The third kappa shape index (κ3) is 8.18. The SMILES string of the molecule is Cc1c(COC(=O)C(CC(=O)O)NC(=O)OC(C)(C)C)nc(Nc2ccc(F)cc2)nc1N1CCc2ccccc2C1C. The van der Waals surface area contributed by atoms with Gasteiger partial charge < -0.3 is 30.1 Å². The van der Waals surface area contributed by atoms with Gasteiger partial charge in [0.1, 0.15) is 29.9 Å². The highest BCUT2D eigenvalue weighted by molar-refractivity contribution is 5.85. The van der Waals surface area contributed by atoms with Gasteiger partial charge in [-0.05, 0) is 76.4 Å². The number of nitrogens with zero attached hydrogens (tertiary/aromatic N) is 3. The van der Waals surface area contributed by atoms with Crippen LogP contribution in [-0.2, 0) is 32.1 Å². The van der Waals surface area contributed by atoms with Crippen molar-refractivity contribution in [2.45, 2.75) is 71.8 Å². The fourth-order valence-electron chi connectivity index (χ4n) is 4.81. The Kier molecular flexibility index (Phi) is 9.47. The second-order valence-electron chi connectivity index (χ2n) is 11.3. The van der Waals surface area contributed by atoms with E-state index in [1.54, 1.807) is 32.9 Å². The van der Waals surface area contributed by atoms with E-state index >= 15 is 0 Å². The standard InChI is InChI=1S/C31H36FN5O6/c1-18-25(17-42-28(40)24(16-26(38)39)35-30(41)43-31(3,4)5)34-29(33-22-12-10-21(32)11-13-22)36-27(18)37-15-14-20-8-6-7-9-23(20)19(37)2/h6-13,19,24H,14-17H2,1-5H3,(H,35,41)(H,38,39)(H,33,34,36). The molecule has 2 aromatic carbocycles. The number of aliphatic carboxylic acids is 1. The quantitative estimate of drug-likeness (QED) is 0.283. The predicted octanol–water partition coefficient (Wildman–Crippen LogP) is 5.20. The van der Waals surface area contributed by atoms with Gasteiger partial charge in [-0.1, -0.05) is 24.3 Å². The lowest BCUT2D eigenvalue weighted by Crippen LogP contribution is -2.45. The summed E-state index contributed by atoms with van der Waals surface area (Å²) in [7, 11) is 0. The van der Waals surface area contributed by atoms with E-state index in [2.05, 4.69) is 39.6 Å². The first-order chi connectivity index (χ1) is 20.3. The molecule has 1 amide bonds. The highest BCUT2D eigenvalue weighted by atomic mass is 19.1. The summed E-state index contributed by atoms with van der Waals surface area (Å²) in [4.78, 5) is 48.2. The van der Waals surface area contributed by atoms with E-state index in [-0.39, 0.29) is 24.4 Å². The van der Waals surface area contributed by atoms with Crippen molar-refractivity contribution in [1.82, 2.24) is 15.3 Å². The van der Waals surface area contributed by atoms with Gasteiger partial charge in [0.25, 0.3) is 0 Å². The molecule has 1 aliphatic rings. The lowest BCUT2D eigenvalue weighted by Gasteiger charge is -2.37. The van der Waals surface area contributed by atoms with Crippen LogP contribution in [-0.4, -0.2) is 51.3 Å². The summed E-state index contributed by atoms with van der Waals surface area (Å²) in [5, 5.41) is 14.7. The number of carboxylic acid groups (broad SMARTS) is 1. The molecule has 0 fully saturated rings. The van der Waals surface area contributed by atoms with Crippen LogP contribution in [0.4, 0.5) is 26.6 Å². The minimum atomic E-state index is -1.48. The number of rotatable bonds is 9. The zero-order chi connectivity index (χ0) is 31.3. The molecule has 0 bridgehead atoms. The average Bonchev–Trinajstić information content (AvgIpc) is 2.93. The number of nitrogens with one attached hydrogen (secondary N) is 2. The summed E-state index contributed by atoms with van der Waals surface area (Å²) in [5.74, 6) is -1.81. The number of esters is 1. The average molecular weight is 594 g/mol. The van der Waals surface area contributed by atoms with Crippen LogP contribution in [0.15, 0.2) is 48.5 Å². The van der Waals surface area contributed by atoms with Gasteiger partial charge in [-0.15, -0.1) is 0 Å². The Hall–Kier alpha value is -4.74. The number of carbonyl (C=O) groups excluding carboxylic acids is 2. The first kappa shape index (κ1) is 31.2. The Balaban J connectivity index is 1.62. The molecule has 0 radical (unpaired) electrons. The van der Waals surface area contributed by atoms with Crippen molar-refractivity contribution >= 4 is 35.5 Å². The van der Waals surface area contributed by atoms with Crippen molar-refractivity contribution in [3.63, 3.8) is 0 Å². The van der Waals surface area contributed by atoms with E-state index in [0.29, 0.717) is 29.3 Å². The number of halogens is 1. The van der Waals surface area contributed by atoms with Crippen molar-refractivity contribution in [3.8, 4) is 0 Å². The number of carbonyl (C=O) groups is 3. The minimum Gasteiger partial charge on any atom is -0.481 e. The van der Waals surface area contributed by atoms with Crippen LogP contribution in [0, 0.1) is 12.7 Å². The summed E-state index contributed by atoms with van der Waals surface area (Å²) < 4.78 is 24.2. The van der Waals surface area contributed by atoms with E-state index in [1.807, 2.05) is 19.1 Å². The van der Waals surface area contributed by atoms with Gasteiger partial charge in [0.15, 0.2) is 0 Å². The molecule has 3 N–H and O–H groups in total. The third-order valence-corrected chi connectivity index (χ3v) is 6.89. The maximum absolute atomic E-state index is 13.5. The number of aromatic nitrogens is 2. The molecule has 2 unspecified atom stereocenters. The van der Waals surface area contributed by atoms with Crippen molar-refractivity contribution in [2.24, 2.45) is 0 Å². The lowest BCUT2D eigenvalue weighted by atomic mass is 9.93. The fourth-order valence-corrected chi connectivity index (χ4v) is 4.81. The molecule has 0 aliphatic carbocycles. The molecule has 3 aromatic rings. The largest absolute Gasteiger partial charge is 0.481 e. The number of alkyl carbamates (subject to hydrolysis) is 1. The lowest BCUT2D eigenvalue weighted by molar-refractivity contribution is -0.151. The van der Waals surface area contributed by atoms with Crippen LogP contribution < -0.4 is 15.5 Å². The van der Waals surface area contributed by atoms with E-state index < -0.39 is 36.1 Å². The fraction of sp³-hybridized carbons (Fsp3) is 0.387. The molecule has 43 heavy (non-hydrogen) atoms. The second kappa shape index (κ2) is 13.1. The number of fused-ring (bicyclic) bond motifs is 1. The number of anilines is 3. The van der Waals surface area contributed by atoms with Crippen molar-refractivity contribution < 1.29 is 33.4 Å². The Bertz CT molecular complexity index is 1490. The Labute approximate surface area is 249 Å². The van der Waals surface area contributed by atoms with Crippen LogP contribution >= 0.6 is 0 Å². The van der Waals surface area contributed by atoms with Gasteiger partial charge in [-0.2, -0.15) is 4.98 Å². The summed E-state index contributed by atoms with van der Waals surface area (Å²) in [6, 6.07) is 12.4. The van der Waals surface area contributed by atoms with Crippen molar-refractivity contribution in [2.75, 3.05) is 16.8 Å². The number of carboxylic acids is 1. The summed E-state index contributed by atoms with van der Waals surface area (Å²) >= 11 is 0. The minimum absolute atomic E-state index is 0.00871. The highest BCUT2D eigenvalue weighted by Gasteiger charge is 2.30. The Morgan fingerprint density at radius 2 is 1.81 bits per heavy atom. The Morgan fingerprint density at radius 1 is 1.12 bits per heavy atom. The first-order valence-electron chi connectivity index (χ1n) is 13.9. The third-order valence-electron chi connectivity index (χ3n) is 6.89. The summed E-state index contributed by atoms with van der Waals surface area (Å²) in [6.45, 7) is 9.21. The van der Waals surface area contributed by atoms with Gasteiger partial charge in [-0.3, -0.25) is 4.79 Å². The molecule has 1 aromatic heterocycles. The Morgan fingerprint density at radius 3 is 2.49 bits per heavy atom. The number of hydrogen-bond acceptors (Lipinski definition) is 9. The molecule has 4 rings (SSSR count). The molecular weight excluding hydrogens is 557 g/mol. The molecular formula is C31H36FN5O6. The molecule has 0 spiro atoms. The maximum atomic E-state index is 13.5. The second-order valence-corrected chi connectivity index (χ2v) is 11.3. The number of ether oxygens (including phenoxy) is 2. The van der Waals surface area contributed by atoms with Gasteiger partial charge in [0.2, 0.25) is 5.95 Å². The molecule has 12 heteroatoms. The molecule has 228 valence electrons. The van der Waals surface area contributed by atoms with E-state index in [1.165, 1.54) is 23.3 Å². The maximum Gasteiger partial charge on any atom is 0.408 e. The molecule has 0 saturated heterocycles.